The highest BCUT2D eigenvalue weighted by Crippen LogP contribution is 2.44. The molecule has 2 aromatic rings. The summed E-state index contributed by atoms with van der Waals surface area (Å²) in [5.74, 6) is 0.280. The van der Waals surface area contributed by atoms with Crippen molar-refractivity contribution >= 4 is 13.7 Å². The van der Waals surface area contributed by atoms with Crippen LogP contribution in [0, 0.1) is 0 Å². The third-order valence-electron chi connectivity index (χ3n) is 6.38. The van der Waals surface area contributed by atoms with Crippen LogP contribution in [0.15, 0.2) is 48.5 Å². The second kappa shape index (κ2) is 8.85. The van der Waals surface area contributed by atoms with Gasteiger partial charge in [0.2, 0.25) is 0 Å². The molecule has 1 fully saturated rings. The zero-order valence-corrected chi connectivity index (χ0v) is 18.3. The molecule has 7 nitrogen and oxygen atoms in total. The number of fused-ring (bicyclic) bond motifs is 1. The van der Waals surface area contributed by atoms with E-state index in [1.807, 2.05) is 35.2 Å². The Kier molecular flexibility index (Phi) is 6.33. The molecule has 31 heavy (non-hydrogen) atoms. The summed E-state index contributed by atoms with van der Waals surface area (Å²) in [4.78, 5) is 32.6. The Morgan fingerprint density at radius 1 is 1.19 bits per heavy atom. The number of carbonyl (C=O) groups excluding carboxylic acids is 1. The van der Waals surface area contributed by atoms with Gasteiger partial charge in [0.1, 0.15) is 0 Å². The maximum atomic E-state index is 12.8. The first kappa shape index (κ1) is 22.2. The van der Waals surface area contributed by atoms with Crippen molar-refractivity contribution in [1.82, 2.24) is 4.90 Å². The average Bonchev–Trinajstić information content (AvgIpc) is 3.28. The van der Waals surface area contributed by atoms with Gasteiger partial charge in [-0.3, -0.25) is 9.32 Å². The lowest BCUT2D eigenvalue weighted by atomic mass is 9.92. The second-order valence-corrected chi connectivity index (χ2v) is 10.0. The van der Waals surface area contributed by atoms with Gasteiger partial charge >= 0.3 is 7.82 Å². The average molecular weight is 444 g/mol. The number of hydrogen-bond acceptors (Lipinski definition) is 4. The molecule has 2 atom stereocenters. The zero-order valence-electron chi connectivity index (χ0n) is 17.4. The van der Waals surface area contributed by atoms with Crippen molar-refractivity contribution in [2.45, 2.75) is 50.1 Å². The number of hydrogen-bond donors (Lipinski definition) is 3. The molecule has 1 heterocycles. The molecule has 0 saturated heterocycles. The number of amides is 1. The van der Waals surface area contributed by atoms with Crippen LogP contribution in [0.5, 0.6) is 0 Å². The highest BCUT2D eigenvalue weighted by molar-refractivity contribution is 7.46. The van der Waals surface area contributed by atoms with Crippen LogP contribution in [0.1, 0.15) is 58.6 Å². The van der Waals surface area contributed by atoms with Gasteiger partial charge in [0, 0.05) is 24.2 Å². The number of aryl methyl sites for hydroxylation is 1. The zero-order chi connectivity index (χ0) is 22.1. The molecule has 0 radical (unpaired) electrons. The largest absolute Gasteiger partial charge is 0.469 e. The molecule has 0 aromatic heterocycles. The van der Waals surface area contributed by atoms with Crippen molar-refractivity contribution in [2.75, 3.05) is 13.2 Å². The minimum Gasteiger partial charge on any atom is -0.334 e. The van der Waals surface area contributed by atoms with Gasteiger partial charge in [0.05, 0.1) is 6.61 Å². The summed E-state index contributed by atoms with van der Waals surface area (Å²) in [5.41, 5.74) is 9.80. The highest BCUT2D eigenvalue weighted by atomic mass is 31.2. The van der Waals surface area contributed by atoms with Crippen LogP contribution in [-0.4, -0.2) is 39.3 Å². The summed E-state index contributed by atoms with van der Waals surface area (Å²) < 4.78 is 15.7. The molecule has 1 amide bonds. The first-order valence-electron chi connectivity index (χ1n) is 10.7. The SMILES string of the molecule is N[C@]1(COP(=O)(O)O)CCC(c2ccc3c(c2)CN(CCCc2ccccc2)C3=O)C1. The van der Waals surface area contributed by atoms with Gasteiger partial charge in [0.25, 0.3) is 5.91 Å². The number of phosphoric acid groups is 1. The molecule has 2 aliphatic rings. The van der Waals surface area contributed by atoms with Crippen LogP contribution in [0.25, 0.3) is 0 Å². The fourth-order valence-corrected chi connectivity index (χ4v) is 5.16. The van der Waals surface area contributed by atoms with Crippen molar-refractivity contribution in [3.05, 3.63) is 70.8 Å². The molecule has 1 aliphatic heterocycles. The number of rotatable bonds is 8. The quantitative estimate of drug-likeness (QED) is 0.538. The van der Waals surface area contributed by atoms with Crippen LogP contribution in [-0.2, 0) is 22.1 Å². The van der Waals surface area contributed by atoms with Gasteiger partial charge in [0.15, 0.2) is 0 Å². The Hall–Kier alpha value is -2.02. The second-order valence-electron chi connectivity index (χ2n) is 8.80. The summed E-state index contributed by atoms with van der Waals surface area (Å²) in [6.45, 7) is 1.19. The van der Waals surface area contributed by atoms with E-state index in [4.69, 9.17) is 15.5 Å². The smallest absolute Gasteiger partial charge is 0.334 e. The van der Waals surface area contributed by atoms with E-state index in [0.717, 1.165) is 42.5 Å². The van der Waals surface area contributed by atoms with E-state index in [-0.39, 0.29) is 18.4 Å². The molecule has 1 saturated carbocycles. The van der Waals surface area contributed by atoms with Crippen molar-refractivity contribution in [3.63, 3.8) is 0 Å². The van der Waals surface area contributed by atoms with E-state index in [2.05, 4.69) is 22.7 Å². The van der Waals surface area contributed by atoms with Crippen molar-refractivity contribution < 1.29 is 23.7 Å². The molecule has 4 rings (SSSR count). The predicted molar refractivity (Wildman–Crippen MR) is 117 cm³/mol. The molecular weight excluding hydrogens is 415 g/mol. The van der Waals surface area contributed by atoms with E-state index in [0.29, 0.717) is 19.4 Å². The van der Waals surface area contributed by atoms with E-state index < -0.39 is 13.4 Å². The molecule has 1 aliphatic carbocycles. The summed E-state index contributed by atoms with van der Waals surface area (Å²) >= 11 is 0. The fraction of sp³-hybridized carbons (Fsp3) is 0.435. The number of carbonyl (C=O) groups is 1. The van der Waals surface area contributed by atoms with Crippen LogP contribution in [0.2, 0.25) is 0 Å². The lowest BCUT2D eigenvalue weighted by Gasteiger charge is -2.24. The molecule has 1 unspecified atom stereocenters. The van der Waals surface area contributed by atoms with Crippen molar-refractivity contribution in [2.24, 2.45) is 5.73 Å². The van der Waals surface area contributed by atoms with Crippen molar-refractivity contribution in [1.29, 1.82) is 0 Å². The van der Waals surface area contributed by atoms with Gasteiger partial charge in [-0.1, -0.05) is 42.5 Å². The Morgan fingerprint density at radius 3 is 2.71 bits per heavy atom. The van der Waals surface area contributed by atoms with Crippen molar-refractivity contribution in [3.8, 4) is 0 Å². The third kappa shape index (κ3) is 5.43. The Balaban J connectivity index is 1.35. The Morgan fingerprint density at radius 2 is 1.97 bits per heavy atom. The van der Waals surface area contributed by atoms with Crippen LogP contribution < -0.4 is 5.73 Å². The van der Waals surface area contributed by atoms with E-state index >= 15 is 0 Å². The maximum absolute atomic E-state index is 12.8. The summed E-state index contributed by atoms with van der Waals surface area (Å²) in [7, 11) is -4.53. The minimum atomic E-state index is -4.53. The summed E-state index contributed by atoms with van der Waals surface area (Å²) in [6.07, 6.45) is 3.94. The van der Waals surface area contributed by atoms with Crippen LogP contribution in [0.3, 0.4) is 0 Å². The Labute approximate surface area is 182 Å². The van der Waals surface area contributed by atoms with Gasteiger partial charge in [-0.05, 0) is 60.8 Å². The van der Waals surface area contributed by atoms with E-state index in [9.17, 15) is 9.36 Å². The normalized spacial score (nSPS) is 23.4. The standard InChI is InChI=1S/C23H29N2O5P/c24-23(16-30-31(27,28)29)11-10-19(14-23)18-8-9-21-20(13-18)15-25(22(21)26)12-4-7-17-5-2-1-3-6-17/h1-3,5-6,8-9,13,19H,4,7,10-12,14-16,24H2,(H2,27,28,29)/t19?,23-/m1/s1. The summed E-state index contributed by atoms with van der Waals surface area (Å²) in [5, 5.41) is 0. The van der Waals surface area contributed by atoms with Crippen LogP contribution >= 0.6 is 7.82 Å². The maximum Gasteiger partial charge on any atom is 0.469 e. The van der Waals surface area contributed by atoms with Gasteiger partial charge < -0.3 is 20.4 Å². The highest BCUT2D eigenvalue weighted by Gasteiger charge is 2.39. The topological polar surface area (TPSA) is 113 Å². The predicted octanol–water partition coefficient (Wildman–Crippen LogP) is 3.35. The lowest BCUT2D eigenvalue weighted by molar-refractivity contribution is 0.0776. The van der Waals surface area contributed by atoms with E-state index in [1.165, 1.54) is 5.56 Å². The Bertz CT molecular complexity index is 993. The minimum absolute atomic E-state index is 0.0873. The molecule has 8 heteroatoms. The first-order valence-corrected chi connectivity index (χ1v) is 12.2. The van der Waals surface area contributed by atoms with Gasteiger partial charge in [-0.2, -0.15) is 0 Å². The first-order chi connectivity index (χ1) is 14.7. The molecule has 166 valence electrons. The fourth-order valence-electron chi connectivity index (χ4n) is 4.74. The monoisotopic (exact) mass is 444 g/mol. The number of nitrogens with two attached hydrogens (primary N) is 1. The van der Waals surface area contributed by atoms with Gasteiger partial charge in [-0.25, -0.2) is 4.57 Å². The lowest BCUT2D eigenvalue weighted by Crippen LogP contribution is -2.41. The number of phosphoric ester groups is 1. The van der Waals surface area contributed by atoms with E-state index in [1.54, 1.807) is 0 Å². The van der Waals surface area contributed by atoms with Gasteiger partial charge in [-0.15, -0.1) is 0 Å². The third-order valence-corrected chi connectivity index (χ3v) is 6.85. The molecule has 4 N–H and O–H groups in total. The molecular formula is C23H29N2O5P. The molecule has 0 bridgehead atoms. The molecule has 0 spiro atoms. The number of nitrogens with zero attached hydrogens (tertiary/aromatic N) is 1. The molecule has 2 aromatic carbocycles. The van der Waals surface area contributed by atoms with Crippen LogP contribution in [0.4, 0.5) is 0 Å². The summed E-state index contributed by atoms with van der Waals surface area (Å²) in [6, 6.07) is 16.3. The number of benzene rings is 2.